The van der Waals surface area contributed by atoms with Crippen molar-refractivity contribution in [2.45, 2.75) is 57.5 Å². The summed E-state index contributed by atoms with van der Waals surface area (Å²) in [6, 6.07) is 2.91. The lowest BCUT2D eigenvalue weighted by Gasteiger charge is -2.32. The molecule has 100 valence electrons. The summed E-state index contributed by atoms with van der Waals surface area (Å²) in [5.41, 5.74) is 0. The number of hydrogen-bond donors (Lipinski definition) is 1. The summed E-state index contributed by atoms with van der Waals surface area (Å²) in [6.07, 6.45) is 6.34. The van der Waals surface area contributed by atoms with E-state index >= 15 is 0 Å². The normalized spacial score (nSPS) is 29.3. The van der Waals surface area contributed by atoms with Gasteiger partial charge in [-0.2, -0.15) is 5.26 Å². The molecule has 0 aromatic heterocycles. The highest BCUT2D eigenvalue weighted by atomic mass is 16.1. The molecule has 0 aliphatic carbocycles. The van der Waals surface area contributed by atoms with E-state index in [0.717, 1.165) is 19.4 Å². The second-order valence-electron chi connectivity index (χ2n) is 5.47. The van der Waals surface area contributed by atoms with Gasteiger partial charge in [-0.15, -0.1) is 0 Å². The van der Waals surface area contributed by atoms with Gasteiger partial charge in [-0.25, -0.2) is 0 Å². The zero-order valence-electron chi connectivity index (χ0n) is 11.2. The Labute approximate surface area is 109 Å². The zero-order valence-corrected chi connectivity index (χ0v) is 11.2. The molecule has 1 N–H and O–H groups in total. The molecule has 2 aliphatic heterocycles. The van der Waals surface area contributed by atoms with E-state index < -0.39 is 5.92 Å². The number of nitriles is 1. The fourth-order valence-electron chi connectivity index (χ4n) is 3.24. The highest BCUT2D eigenvalue weighted by molar-refractivity contribution is 5.81. The third-order valence-corrected chi connectivity index (χ3v) is 4.23. The summed E-state index contributed by atoms with van der Waals surface area (Å²) in [6.45, 7) is 4.28. The maximum absolute atomic E-state index is 12.0. The van der Waals surface area contributed by atoms with Crippen LogP contribution in [0.5, 0.6) is 0 Å². The molecular weight excluding hydrogens is 226 g/mol. The summed E-state index contributed by atoms with van der Waals surface area (Å²) in [7, 11) is 0. The number of nitrogens with zero attached hydrogens (tertiary/aromatic N) is 2. The molecule has 4 nitrogen and oxygen atoms in total. The van der Waals surface area contributed by atoms with Gasteiger partial charge in [-0.3, -0.25) is 9.69 Å². The van der Waals surface area contributed by atoms with Gasteiger partial charge in [0.1, 0.15) is 5.92 Å². The lowest BCUT2D eigenvalue weighted by Crippen LogP contribution is -2.48. The number of nitrogens with one attached hydrogen (secondary N) is 1. The van der Waals surface area contributed by atoms with E-state index in [2.05, 4.69) is 16.3 Å². The molecule has 1 amide bonds. The molecule has 0 radical (unpaired) electrons. The Balaban J connectivity index is 1.89. The molecule has 18 heavy (non-hydrogen) atoms. The summed E-state index contributed by atoms with van der Waals surface area (Å²) < 4.78 is 0. The zero-order chi connectivity index (χ0) is 13.0. The average Bonchev–Trinajstić information content (AvgIpc) is 2.79. The predicted octanol–water partition coefficient (Wildman–Crippen LogP) is 1.67. The van der Waals surface area contributed by atoms with Crippen molar-refractivity contribution >= 4 is 5.91 Å². The number of carbonyl (C=O) groups is 1. The Hall–Kier alpha value is -1.08. The van der Waals surface area contributed by atoms with E-state index in [0.29, 0.717) is 12.5 Å². The Morgan fingerprint density at radius 2 is 2.28 bits per heavy atom. The molecule has 2 saturated heterocycles. The van der Waals surface area contributed by atoms with Gasteiger partial charge in [0.25, 0.3) is 0 Å². The monoisotopic (exact) mass is 249 g/mol. The maximum Gasteiger partial charge on any atom is 0.237 e. The van der Waals surface area contributed by atoms with Crippen molar-refractivity contribution in [3.05, 3.63) is 0 Å². The topological polar surface area (TPSA) is 56.1 Å². The van der Waals surface area contributed by atoms with Gasteiger partial charge in [0.2, 0.25) is 5.91 Å². The van der Waals surface area contributed by atoms with Crippen LogP contribution in [0, 0.1) is 17.2 Å². The van der Waals surface area contributed by atoms with E-state index in [1.807, 2.05) is 6.92 Å². The van der Waals surface area contributed by atoms with Crippen LogP contribution in [0.1, 0.15) is 45.4 Å². The first-order chi connectivity index (χ1) is 8.76. The molecule has 2 fully saturated rings. The van der Waals surface area contributed by atoms with Gasteiger partial charge in [-0.05, 0) is 32.2 Å². The first-order valence-corrected chi connectivity index (χ1v) is 7.20. The van der Waals surface area contributed by atoms with Crippen LogP contribution in [0.2, 0.25) is 0 Å². The van der Waals surface area contributed by atoms with Crippen LogP contribution in [0.3, 0.4) is 0 Å². The lowest BCUT2D eigenvalue weighted by atomic mass is 9.97. The summed E-state index contributed by atoms with van der Waals surface area (Å²) in [5, 5.41) is 12.1. The molecule has 2 rings (SSSR count). The van der Waals surface area contributed by atoms with Crippen molar-refractivity contribution in [3.63, 3.8) is 0 Å². The van der Waals surface area contributed by atoms with Gasteiger partial charge < -0.3 is 5.32 Å². The minimum atomic E-state index is -0.465. The van der Waals surface area contributed by atoms with Crippen LogP contribution < -0.4 is 5.32 Å². The van der Waals surface area contributed by atoms with Crippen molar-refractivity contribution in [1.29, 1.82) is 5.26 Å². The minimum Gasteiger partial charge on any atom is -0.351 e. The molecule has 4 heteroatoms. The first kappa shape index (κ1) is 13.4. The Bertz CT molecular complexity index is 336. The summed E-state index contributed by atoms with van der Waals surface area (Å²) in [4.78, 5) is 14.5. The van der Waals surface area contributed by atoms with Crippen LogP contribution in [0.25, 0.3) is 0 Å². The van der Waals surface area contributed by atoms with Crippen molar-refractivity contribution in [2.75, 3.05) is 13.1 Å². The van der Waals surface area contributed by atoms with Crippen LogP contribution in [0.15, 0.2) is 0 Å². The van der Waals surface area contributed by atoms with Crippen LogP contribution in [-0.4, -0.2) is 36.0 Å². The maximum atomic E-state index is 12.0. The fourth-order valence-corrected chi connectivity index (χ4v) is 3.24. The van der Waals surface area contributed by atoms with E-state index in [1.165, 1.54) is 25.8 Å². The molecule has 3 atom stereocenters. The molecule has 0 aromatic carbocycles. The number of amides is 1. The lowest BCUT2D eigenvalue weighted by molar-refractivity contribution is -0.124. The van der Waals surface area contributed by atoms with Gasteiger partial charge in [0.15, 0.2) is 0 Å². The van der Waals surface area contributed by atoms with E-state index in [9.17, 15) is 4.79 Å². The molecule has 0 bridgehead atoms. The Kier molecular flexibility index (Phi) is 4.60. The van der Waals surface area contributed by atoms with Gasteiger partial charge >= 0.3 is 0 Å². The molecule has 3 unspecified atom stereocenters. The first-order valence-electron chi connectivity index (χ1n) is 7.20. The fraction of sp³-hybridized carbons (Fsp3) is 0.857. The SMILES string of the molecule is CCCC(C#N)C(=O)NC1CCN2CCCCC12. The van der Waals surface area contributed by atoms with Gasteiger partial charge in [0, 0.05) is 18.6 Å². The third kappa shape index (κ3) is 2.84. The number of hydrogen-bond acceptors (Lipinski definition) is 3. The molecule has 0 aromatic rings. The molecule has 2 heterocycles. The molecule has 0 spiro atoms. The van der Waals surface area contributed by atoms with Crippen molar-refractivity contribution in [3.8, 4) is 6.07 Å². The van der Waals surface area contributed by atoms with Crippen LogP contribution >= 0.6 is 0 Å². The second kappa shape index (κ2) is 6.19. The van der Waals surface area contributed by atoms with Crippen molar-refractivity contribution in [2.24, 2.45) is 5.92 Å². The quantitative estimate of drug-likeness (QED) is 0.824. The largest absolute Gasteiger partial charge is 0.351 e. The third-order valence-electron chi connectivity index (χ3n) is 4.23. The Morgan fingerprint density at radius 3 is 3.00 bits per heavy atom. The van der Waals surface area contributed by atoms with Crippen LogP contribution in [-0.2, 0) is 4.79 Å². The van der Waals surface area contributed by atoms with E-state index in [1.54, 1.807) is 0 Å². The second-order valence-corrected chi connectivity index (χ2v) is 5.47. The highest BCUT2D eigenvalue weighted by Crippen LogP contribution is 2.27. The summed E-state index contributed by atoms with van der Waals surface area (Å²) >= 11 is 0. The summed E-state index contributed by atoms with van der Waals surface area (Å²) in [5.74, 6) is -0.524. The molecule has 0 saturated carbocycles. The molecular formula is C14H23N3O. The standard InChI is InChI=1S/C14H23N3O/c1-2-5-11(10-15)14(18)16-12-7-9-17-8-4-3-6-13(12)17/h11-13H,2-9H2,1H3,(H,16,18). The number of rotatable bonds is 4. The Morgan fingerprint density at radius 1 is 1.44 bits per heavy atom. The minimum absolute atomic E-state index is 0.0585. The number of carbonyl (C=O) groups excluding carboxylic acids is 1. The average molecular weight is 249 g/mol. The van der Waals surface area contributed by atoms with Gasteiger partial charge in [0.05, 0.1) is 6.07 Å². The molecule has 2 aliphatic rings. The number of fused-ring (bicyclic) bond motifs is 1. The van der Waals surface area contributed by atoms with Crippen LogP contribution in [0.4, 0.5) is 0 Å². The van der Waals surface area contributed by atoms with Gasteiger partial charge in [-0.1, -0.05) is 19.8 Å². The van der Waals surface area contributed by atoms with E-state index in [4.69, 9.17) is 5.26 Å². The highest BCUT2D eigenvalue weighted by Gasteiger charge is 2.36. The van der Waals surface area contributed by atoms with Crippen molar-refractivity contribution in [1.82, 2.24) is 10.2 Å². The van der Waals surface area contributed by atoms with E-state index in [-0.39, 0.29) is 11.9 Å². The number of piperidine rings is 1. The predicted molar refractivity (Wildman–Crippen MR) is 69.8 cm³/mol. The van der Waals surface area contributed by atoms with Crippen molar-refractivity contribution < 1.29 is 4.79 Å². The smallest absolute Gasteiger partial charge is 0.237 e.